The van der Waals surface area contributed by atoms with E-state index < -0.39 is 7.12 Å². The molecule has 418 valence electrons. The average molecular weight is 1160 g/mol. The second-order valence-electron chi connectivity index (χ2n) is 21.8. The Morgan fingerprint density at radius 3 is 1.26 bits per heavy atom. The summed E-state index contributed by atoms with van der Waals surface area (Å²) < 4.78 is 19.0. The van der Waals surface area contributed by atoms with Crippen molar-refractivity contribution < 1.29 is 18.9 Å². The molecule has 2 N–H and O–H groups in total. The number of benzene rings is 11. The van der Waals surface area contributed by atoms with Gasteiger partial charge in [-0.15, -0.1) is 0 Å². The van der Waals surface area contributed by atoms with Crippen LogP contribution in [0.3, 0.4) is 0 Å². The average Bonchev–Trinajstić information content (AvgIpc) is 1.90. The number of fused-ring (bicyclic) bond motifs is 15. The first-order chi connectivity index (χ1) is 43.3. The van der Waals surface area contributed by atoms with Crippen LogP contribution in [0.1, 0.15) is 5.69 Å². The summed E-state index contributed by atoms with van der Waals surface area (Å²) in [5.41, 5.74) is 19.9. The summed E-state index contributed by atoms with van der Waals surface area (Å²) in [6.45, 7) is 1.90. The quantitative estimate of drug-likeness (QED) is 0.157. The molecule has 11 aromatic carbocycles. The van der Waals surface area contributed by atoms with Crippen molar-refractivity contribution in [2.75, 3.05) is 0 Å². The second-order valence-corrected chi connectivity index (χ2v) is 22.2. The number of para-hydroxylation sites is 6. The molecule has 11 nitrogen and oxygen atoms in total. The molecule has 0 aliphatic heterocycles. The van der Waals surface area contributed by atoms with Crippen LogP contribution in [-0.2, 0) is 0 Å². The van der Waals surface area contributed by atoms with E-state index in [2.05, 4.69) is 212 Å². The van der Waals surface area contributed by atoms with Crippen molar-refractivity contribution in [2.45, 2.75) is 6.92 Å². The van der Waals surface area contributed by atoms with E-state index in [1.54, 1.807) is 18.5 Å². The third-order valence-electron chi connectivity index (χ3n) is 16.6. The highest BCUT2D eigenvalue weighted by Gasteiger charge is 2.20. The molecular weight excluding hydrogens is 1110 g/mol. The zero-order valence-corrected chi connectivity index (χ0v) is 48.0. The summed E-state index contributed by atoms with van der Waals surface area (Å²) in [6.07, 6.45) is 3.18. The Balaban J connectivity index is 0.000000137. The van der Waals surface area contributed by atoms with Crippen LogP contribution >= 0.6 is 11.6 Å². The first-order valence-electron chi connectivity index (χ1n) is 28.9. The molecule has 88 heavy (non-hydrogen) atoms. The number of aromatic nitrogens is 7. The van der Waals surface area contributed by atoms with Gasteiger partial charge < -0.3 is 32.6 Å². The second kappa shape index (κ2) is 21.4. The lowest BCUT2D eigenvalue weighted by Gasteiger charge is -2.10. The molecule has 0 spiro atoms. The Bertz CT molecular complexity index is 5600. The topological polar surface area (TPSA) is 133 Å². The molecule has 18 rings (SSSR count). The van der Waals surface area contributed by atoms with Gasteiger partial charge in [0.2, 0.25) is 0 Å². The van der Waals surface area contributed by atoms with Gasteiger partial charge in [0.25, 0.3) is 0 Å². The summed E-state index contributed by atoms with van der Waals surface area (Å²) in [7, 11) is -1.46. The van der Waals surface area contributed by atoms with Gasteiger partial charge in [0.05, 0.1) is 38.8 Å². The van der Waals surface area contributed by atoms with Crippen molar-refractivity contribution in [3.05, 3.63) is 278 Å². The minimum atomic E-state index is -1.46. The SMILES string of the molecule is Cc1ncnc2c1oc1ccc(Cl)cc12.OB(O)c1cccc(-n2c3ccccc3c3ccccc32)c1.c1cc(-c2ccc3oc4c(-c5cccc(-n6c7ccccc7c7ccccc76)c5)ncnc4c3c2)cc(-n2c3ccccc3c3ccccc32)c1. The normalized spacial score (nSPS) is 11.6. The molecule has 0 bridgehead atoms. The van der Waals surface area contributed by atoms with Gasteiger partial charge in [-0.3, -0.25) is 0 Å². The fourth-order valence-corrected chi connectivity index (χ4v) is 12.8. The molecule has 0 fully saturated rings. The third-order valence-corrected chi connectivity index (χ3v) is 16.9. The van der Waals surface area contributed by atoms with E-state index in [0.29, 0.717) is 16.1 Å². The van der Waals surface area contributed by atoms with Crippen LogP contribution < -0.4 is 5.46 Å². The van der Waals surface area contributed by atoms with E-state index in [0.717, 1.165) is 94.7 Å². The lowest BCUT2D eigenvalue weighted by molar-refractivity contribution is 0.425. The third kappa shape index (κ3) is 8.84. The Morgan fingerprint density at radius 1 is 0.352 bits per heavy atom. The van der Waals surface area contributed by atoms with Crippen LogP contribution in [0.15, 0.2) is 276 Å². The molecule has 0 aliphatic rings. The molecule has 0 amide bonds. The Kier molecular flexibility index (Phi) is 12.8. The van der Waals surface area contributed by atoms with Crippen LogP contribution in [0.4, 0.5) is 0 Å². The molecule has 7 aromatic heterocycles. The largest absolute Gasteiger partial charge is 0.488 e. The van der Waals surface area contributed by atoms with Gasteiger partial charge in [0.1, 0.15) is 40.5 Å². The minimum Gasteiger partial charge on any atom is -0.452 e. The molecule has 0 unspecified atom stereocenters. The lowest BCUT2D eigenvalue weighted by Crippen LogP contribution is -2.29. The number of rotatable bonds is 6. The fourth-order valence-electron chi connectivity index (χ4n) is 12.7. The predicted molar refractivity (Wildman–Crippen MR) is 359 cm³/mol. The first kappa shape index (κ1) is 52.4. The number of furan rings is 2. The molecule has 0 radical (unpaired) electrons. The van der Waals surface area contributed by atoms with Gasteiger partial charge in [-0.2, -0.15) is 0 Å². The van der Waals surface area contributed by atoms with Gasteiger partial charge in [-0.25, -0.2) is 19.9 Å². The van der Waals surface area contributed by atoms with Gasteiger partial charge in [0, 0.05) is 70.7 Å². The molecule has 18 aromatic rings. The van der Waals surface area contributed by atoms with Gasteiger partial charge in [-0.05, 0) is 127 Å². The van der Waals surface area contributed by atoms with Crippen LogP contribution in [0.2, 0.25) is 5.02 Å². The van der Waals surface area contributed by atoms with E-state index in [1.165, 1.54) is 60.7 Å². The molecule has 0 aliphatic carbocycles. The predicted octanol–water partition coefficient (Wildman–Crippen LogP) is 17.7. The summed E-state index contributed by atoms with van der Waals surface area (Å²) >= 11 is 5.93. The Morgan fingerprint density at radius 2 is 0.750 bits per heavy atom. The Labute approximate surface area is 508 Å². The molecule has 0 saturated heterocycles. The lowest BCUT2D eigenvalue weighted by atomic mass is 9.80. The van der Waals surface area contributed by atoms with Crippen molar-refractivity contribution in [1.29, 1.82) is 0 Å². The summed E-state index contributed by atoms with van der Waals surface area (Å²) in [4.78, 5) is 17.8. The minimum absolute atomic E-state index is 0.486. The van der Waals surface area contributed by atoms with Crippen molar-refractivity contribution >= 4 is 134 Å². The molecule has 0 saturated carbocycles. The van der Waals surface area contributed by atoms with E-state index >= 15 is 0 Å². The summed E-state index contributed by atoms with van der Waals surface area (Å²) in [6, 6.07) is 87.3. The van der Waals surface area contributed by atoms with Gasteiger partial charge >= 0.3 is 7.12 Å². The number of hydrogen-bond donors (Lipinski definition) is 2. The van der Waals surface area contributed by atoms with Crippen molar-refractivity contribution in [1.82, 2.24) is 33.6 Å². The summed E-state index contributed by atoms with van der Waals surface area (Å²) in [5.74, 6) is 0. The number of hydrogen-bond acceptors (Lipinski definition) is 8. The number of halogens is 1. The van der Waals surface area contributed by atoms with Crippen molar-refractivity contribution in [2.24, 2.45) is 0 Å². The van der Waals surface area contributed by atoms with Crippen molar-refractivity contribution in [3.63, 3.8) is 0 Å². The molecule has 0 atom stereocenters. The maximum atomic E-state index is 9.42. The van der Waals surface area contributed by atoms with Crippen LogP contribution in [-0.4, -0.2) is 50.8 Å². The Hall–Kier alpha value is -11.1. The van der Waals surface area contributed by atoms with E-state index in [1.807, 2.05) is 61.5 Å². The highest BCUT2D eigenvalue weighted by molar-refractivity contribution is 6.58. The number of nitrogens with zero attached hydrogens (tertiary/aromatic N) is 7. The maximum absolute atomic E-state index is 9.42. The van der Waals surface area contributed by atoms with Crippen molar-refractivity contribution in [3.8, 4) is 39.4 Å². The van der Waals surface area contributed by atoms with E-state index in [4.69, 9.17) is 30.4 Å². The van der Waals surface area contributed by atoms with E-state index in [-0.39, 0.29) is 0 Å². The van der Waals surface area contributed by atoms with E-state index in [9.17, 15) is 10.0 Å². The zero-order chi connectivity index (χ0) is 59.0. The monoisotopic (exact) mass is 1160 g/mol. The highest BCUT2D eigenvalue weighted by Crippen LogP contribution is 2.40. The standard InChI is InChI=1S/C46H28N4O.C18H14BNO2.C11H7ClN2O/c1-5-19-39-34(15-1)35-16-2-6-20-40(35)49(39)32-13-9-11-29(25-32)30-23-24-43-38(27-30)45-46(51-43)44(47-28-48-45)31-12-10-14-33(26-31)50-41-21-7-3-17-36(41)37-18-4-8-22-42(37)50;21-19(22)13-6-5-7-14(12-13)20-17-10-3-1-8-15(17)16-9-2-4-11-18(16)20;1-6-11-10(14-5-13-6)8-4-7(12)2-3-9(8)15-11/h1-28H;1-12,21-22H;2-5H,1H3. The summed E-state index contributed by atoms with van der Waals surface area (Å²) in [5, 5.41) is 28.8. The molecular formula is C75H49BClN7O4. The zero-order valence-electron chi connectivity index (χ0n) is 47.2. The molecule has 13 heteroatoms. The van der Waals surface area contributed by atoms with Gasteiger partial charge in [-0.1, -0.05) is 163 Å². The van der Waals surface area contributed by atoms with Crippen LogP contribution in [0.25, 0.3) is 149 Å². The first-order valence-corrected chi connectivity index (χ1v) is 29.3. The highest BCUT2D eigenvalue weighted by atomic mass is 35.5. The maximum Gasteiger partial charge on any atom is 0.488 e. The van der Waals surface area contributed by atoms with Crippen LogP contribution in [0.5, 0.6) is 0 Å². The number of aryl methyl sites for hydroxylation is 1. The fraction of sp³-hybridized carbons (Fsp3) is 0.0133. The van der Waals surface area contributed by atoms with Gasteiger partial charge in [0.15, 0.2) is 11.2 Å². The van der Waals surface area contributed by atoms with Crippen LogP contribution in [0, 0.1) is 6.92 Å². The smallest absolute Gasteiger partial charge is 0.452 e. The molecule has 7 heterocycles.